The maximum Gasteiger partial charge on any atom is 0.407 e. The minimum Gasteiger partial charge on any atom is -0.493 e. The number of fused-ring (bicyclic) bond motifs is 4. The topological polar surface area (TPSA) is 50.8 Å². The van der Waals surface area contributed by atoms with E-state index in [9.17, 15) is 4.79 Å². The molecule has 5 nitrogen and oxygen atoms in total. The van der Waals surface area contributed by atoms with Crippen molar-refractivity contribution in [2.75, 3.05) is 26.2 Å². The highest BCUT2D eigenvalue weighted by atomic mass is 16.6. The van der Waals surface area contributed by atoms with E-state index in [1.807, 2.05) is 0 Å². The quantitative estimate of drug-likeness (QED) is 0.746. The molecule has 0 saturated carbocycles. The lowest BCUT2D eigenvalue weighted by Crippen LogP contribution is -2.52. The zero-order chi connectivity index (χ0) is 21.4. The van der Waals surface area contributed by atoms with Gasteiger partial charge in [0.05, 0.1) is 12.6 Å². The van der Waals surface area contributed by atoms with Gasteiger partial charge in [-0.15, -0.1) is 0 Å². The average Bonchev–Trinajstić information content (AvgIpc) is 2.80. The molecule has 2 atom stereocenters. The van der Waals surface area contributed by atoms with Gasteiger partial charge in [-0.05, 0) is 60.5 Å². The van der Waals surface area contributed by atoms with Gasteiger partial charge < -0.3 is 14.8 Å². The van der Waals surface area contributed by atoms with E-state index in [0.29, 0.717) is 18.4 Å². The van der Waals surface area contributed by atoms with Crippen LogP contribution in [-0.4, -0.2) is 43.3 Å². The molecule has 2 aromatic carbocycles. The van der Waals surface area contributed by atoms with Crippen LogP contribution in [0.15, 0.2) is 42.5 Å². The van der Waals surface area contributed by atoms with Crippen molar-refractivity contribution in [3.8, 4) is 16.9 Å². The van der Waals surface area contributed by atoms with E-state index in [4.69, 9.17) is 9.47 Å². The maximum absolute atomic E-state index is 12.7. The van der Waals surface area contributed by atoms with Crippen molar-refractivity contribution in [1.82, 2.24) is 10.2 Å². The first kappa shape index (κ1) is 20.4. The summed E-state index contributed by atoms with van der Waals surface area (Å²) < 4.78 is 11.8. The predicted octanol–water partition coefficient (Wildman–Crippen LogP) is 5.12. The van der Waals surface area contributed by atoms with Gasteiger partial charge in [0.1, 0.15) is 11.9 Å². The van der Waals surface area contributed by atoms with E-state index in [1.165, 1.54) is 11.1 Å². The van der Waals surface area contributed by atoms with Crippen LogP contribution in [0, 0.1) is 5.92 Å². The van der Waals surface area contributed by atoms with E-state index >= 15 is 0 Å². The summed E-state index contributed by atoms with van der Waals surface area (Å²) in [4.78, 5) is 15.1. The molecule has 4 aliphatic rings. The number of amides is 1. The summed E-state index contributed by atoms with van der Waals surface area (Å²) in [6, 6.07) is 14.9. The average molecular weight is 421 g/mol. The van der Waals surface area contributed by atoms with Crippen molar-refractivity contribution >= 4 is 6.09 Å². The van der Waals surface area contributed by atoms with Crippen LogP contribution < -0.4 is 10.1 Å². The number of nitrogens with zero attached hydrogens (tertiary/aromatic N) is 1. The molecule has 4 heterocycles. The number of benzene rings is 2. The van der Waals surface area contributed by atoms with Crippen LogP contribution >= 0.6 is 0 Å². The Morgan fingerprint density at radius 2 is 1.90 bits per heavy atom. The first-order chi connectivity index (χ1) is 15.1. The third kappa shape index (κ3) is 4.29. The Morgan fingerprint density at radius 1 is 1.10 bits per heavy atom. The molecule has 0 radical (unpaired) electrons. The largest absolute Gasteiger partial charge is 0.493 e. The predicted molar refractivity (Wildman–Crippen MR) is 121 cm³/mol. The second-order valence-corrected chi connectivity index (χ2v) is 9.45. The van der Waals surface area contributed by atoms with Crippen LogP contribution in [0.4, 0.5) is 4.79 Å². The summed E-state index contributed by atoms with van der Waals surface area (Å²) >= 11 is 0. The summed E-state index contributed by atoms with van der Waals surface area (Å²) in [6.07, 6.45) is 2.75. The Kier molecular flexibility index (Phi) is 5.61. The van der Waals surface area contributed by atoms with Crippen LogP contribution in [0.5, 0.6) is 5.75 Å². The number of carbonyl (C=O) groups is 1. The van der Waals surface area contributed by atoms with E-state index in [2.05, 4.69) is 66.5 Å². The Balaban J connectivity index is 1.29. The number of carbonyl (C=O) groups excluding carboxylic acids is 1. The fourth-order valence-electron chi connectivity index (χ4n) is 5.15. The lowest BCUT2D eigenvalue weighted by atomic mass is 9.86. The minimum atomic E-state index is -0.301. The lowest BCUT2D eigenvalue weighted by Gasteiger charge is -2.44. The Bertz CT molecular complexity index is 949. The fraction of sp³-hybridized carbons (Fsp3) is 0.500. The number of alkyl carbamates (subject to hydrolysis) is 1. The Labute approximate surface area is 184 Å². The zero-order valence-corrected chi connectivity index (χ0v) is 18.5. The van der Waals surface area contributed by atoms with E-state index in [1.54, 1.807) is 0 Å². The molecule has 1 amide bonds. The number of rotatable bonds is 4. The van der Waals surface area contributed by atoms with Crippen molar-refractivity contribution in [3.05, 3.63) is 53.6 Å². The van der Waals surface area contributed by atoms with E-state index in [-0.39, 0.29) is 18.2 Å². The van der Waals surface area contributed by atoms with Crippen molar-refractivity contribution in [2.45, 2.75) is 51.2 Å². The van der Waals surface area contributed by atoms with Gasteiger partial charge in [-0.3, -0.25) is 4.90 Å². The Hall–Kier alpha value is -2.53. The molecule has 2 bridgehead atoms. The summed E-state index contributed by atoms with van der Waals surface area (Å²) in [6.45, 7) is 8.17. The van der Waals surface area contributed by atoms with Gasteiger partial charge in [-0.2, -0.15) is 0 Å². The summed E-state index contributed by atoms with van der Waals surface area (Å²) in [5.74, 6) is 1.86. The summed E-state index contributed by atoms with van der Waals surface area (Å²) in [5, 5.41) is 3.11. The molecule has 6 rings (SSSR count). The molecule has 0 aromatic heterocycles. The van der Waals surface area contributed by atoms with Crippen molar-refractivity contribution in [2.24, 2.45) is 5.92 Å². The van der Waals surface area contributed by atoms with Crippen LogP contribution in [0.2, 0.25) is 0 Å². The molecule has 1 N–H and O–H groups in total. The highest BCUT2D eigenvalue weighted by Crippen LogP contribution is 2.36. The zero-order valence-electron chi connectivity index (χ0n) is 18.5. The molecule has 5 heteroatoms. The van der Waals surface area contributed by atoms with Gasteiger partial charge in [0, 0.05) is 18.5 Å². The summed E-state index contributed by atoms with van der Waals surface area (Å²) in [5.41, 5.74) is 4.68. The normalized spacial score (nSPS) is 26.8. The minimum absolute atomic E-state index is 0.0254. The molecule has 4 aliphatic heterocycles. The standard InChI is InChI=1S/C26H32N2O3/c1-17(2)19-4-3-5-20(14-19)21-6-7-22-23(10-13-30-24(22)15-21)27-26(29)31-25-16-28-11-8-18(25)9-12-28/h3-7,14-15,17-18,23,25H,8-13,16H2,1-2H3,(H,27,29)/t23?,25-/m1/s1. The van der Waals surface area contributed by atoms with Crippen LogP contribution in [0.25, 0.3) is 11.1 Å². The first-order valence-corrected chi connectivity index (χ1v) is 11.6. The lowest BCUT2D eigenvalue weighted by molar-refractivity contribution is -0.0342. The van der Waals surface area contributed by atoms with E-state index in [0.717, 1.165) is 55.8 Å². The van der Waals surface area contributed by atoms with Gasteiger partial charge in [0.15, 0.2) is 0 Å². The second kappa shape index (κ2) is 8.54. The molecular weight excluding hydrogens is 388 g/mol. The van der Waals surface area contributed by atoms with Gasteiger partial charge in [-0.25, -0.2) is 4.79 Å². The summed E-state index contributed by atoms with van der Waals surface area (Å²) in [7, 11) is 0. The fourth-order valence-corrected chi connectivity index (χ4v) is 5.15. The van der Waals surface area contributed by atoms with Crippen molar-refractivity contribution in [1.29, 1.82) is 0 Å². The van der Waals surface area contributed by atoms with Gasteiger partial charge >= 0.3 is 6.09 Å². The highest BCUT2D eigenvalue weighted by Gasteiger charge is 2.37. The number of hydrogen-bond acceptors (Lipinski definition) is 4. The molecule has 1 unspecified atom stereocenters. The van der Waals surface area contributed by atoms with E-state index < -0.39 is 0 Å². The van der Waals surface area contributed by atoms with Gasteiger partial charge in [0.25, 0.3) is 0 Å². The maximum atomic E-state index is 12.7. The SMILES string of the molecule is CC(C)c1cccc(-c2ccc3c(c2)OCCC3NC(=O)O[C@@H]2CN3CCC2CC3)c1. The second-order valence-electron chi connectivity index (χ2n) is 9.45. The number of ether oxygens (including phenoxy) is 2. The number of piperidine rings is 3. The third-order valence-electron chi connectivity index (χ3n) is 7.09. The van der Waals surface area contributed by atoms with Crippen LogP contribution in [0.3, 0.4) is 0 Å². The van der Waals surface area contributed by atoms with Crippen molar-refractivity contribution < 1.29 is 14.3 Å². The molecule has 164 valence electrons. The monoisotopic (exact) mass is 420 g/mol. The van der Waals surface area contributed by atoms with Crippen molar-refractivity contribution in [3.63, 3.8) is 0 Å². The molecule has 0 aliphatic carbocycles. The number of hydrogen-bond donors (Lipinski definition) is 1. The molecule has 3 fully saturated rings. The van der Waals surface area contributed by atoms with Gasteiger partial charge in [-0.1, -0.05) is 50.2 Å². The first-order valence-electron chi connectivity index (χ1n) is 11.6. The molecule has 31 heavy (non-hydrogen) atoms. The highest BCUT2D eigenvalue weighted by molar-refractivity contribution is 5.70. The Morgan fingerprint density at radius 3 is 2.65 bits per heavy atom. The molecule has 0 spiro atoms. The van der Waals surface area contributed by atoms with Crippen LogP contribution in [0.1, 0.15) is 56.2 Å². The van der Waals surface area contributed by atoms with Gasteiger partial charge in [0.2, 0.25) is 0 Å². The molecular formula is C26H32N2O3. The molecule has 2 aromatic rings. The van der Waals surface area contributed by atoms with Crippen LogP contribution in [-0.2, 0) is 4.74 Å². The third-order valence-corrected chi connectivity index (χ3v) is 7.09. The number of nitrogens with one attached hydrogen (secondary N) is 1. The smallest absolute Gasteiger partial charge is 0.407 e. The molecule has 3 saturated heterocycles.